The summed E-state index contributed by atoms with van der Waals surface area (Å²) in [6.45, 7) is 2.49. The molecule has 1 saturated heterocycles. The molecule has 2 bridgehead atoms. The fourth-order valence-corrected chi connectivity index (χ4v) is 6.92. The first-order valence-corrected chi connectivity index (χ1v) is 14.2. The SMILES string of the molecule is O=C(N[C@H]1CCc2cc(CCN[C@@H]3C[C@H]4CC[C@@H]3C4)ccc2C1)c1ccc(OC[C@@H]2CCCO2)cc1. The lowest BCUT2D eigenvalue weighted by atomic mass is 9.86. The Labute approximate surface area is 215 Å². The third-order valence-corrected chi connectivity index (χ3v) is 8.97. The predicted molar refractivity (Wildman–Crippen MR) is 142 cm³/mol. The largest absolute Gasteiger partial charge is 0.491 e. The average Bonchev–Trinajstić information content (AvgIpc) is 3.67. The highest BCUT2D eigenvalue weighted by Gasteiger charge is 2.38. The van der Waals surface area contributed by atoms with Crippen molar-refractivity contribution in [1.82, 2.24) is 10.6 Å². The third kappa shape index (κ3) is 5.63. The molecule has 5 atom stereocenters. The molecule has 5 nitrogen and oxygen atoms in total. The molecule has 6 rings (SSSR count). The molecule has 1 amide bonds. The number of rotatable bonds is 9. The quantitative estimate of drug-likeness (QED) is 0.530. The lowest BCUT2D eigenvalue weighted by molar-refractivity contribution is 0.0679. The monoisotopic (exact) mass is 488 g/mol. The zero-order valence-corrected chi connectivity index (χ0v) is 21.3. The molecule has 3 aliphatic carbocycles. The second-order valence-electron chi connectivity index (χ2n) is 11.5. The van der Waals surface area contributed by atoms with Crippen LogP contribution >= 0.6 is 0 Å². The maximum absolute atomic E-state index is 12.9. The van der Waals surface area contributed by atoms with Gasteiger partial charge in [-0.05, 0) is 117 Å². The summed E-state index contributed by atoms with van der Waals surface area (Å²) in [5.74, 6) is 2.72. The third-order valence-electron chi connectivity index (χ3n) is 8.97. The highest BCUT2D eigenvalue weighted by Crippen LogP contribution is 2.44. The first-order chi connectivity index (χ1) is 17.7. The highest BCUT2D eigenvalue weighted by molar-refractivity contribution is 5.94. The van der Waals surface area contributed by atoms with Crippen molar-refractivity contribution in [3.8, 4) is 5.75 Å². The van der Waals surface area contributed by atoms with Crippen molar-refractivity contribution in [2.24, 2.45) is 11.8 Å². The second kappa shape index (κ2) is 10.9. The van der Waals surface area contributed by atoms with Gasteiger partial charge < -0.3 is 20.1 Å². The Balaban J connectivity index is 0.960. The van der Waals surface area contributed by atoms with Crippen molar-refractivity contribution in [2.45, 2.75) is 82.4 Å². The van der Waals surface area contributed by atoms with Gasteiger partial charge >= 0.3 is 0 Å². The van der Waals surface area contributed by atoms with Crippen LogP contribution in [0.5, 0.6) is 5.75 Å². The fourth-order valence-electron chi connectivity index (χ4n) is 6.92. The van der Waals surface area contributed by atoms with Gasteiger partial charge in [-0.25, -0.2) is 0 Å². The number of hydrogen-bond donors (Lipinski definition) is 2. The van der Waals surface area contributed by atoms with Crippen molar-refractivity contribution < 1.29 is 14.3 Å². The Morgan fingerprint density at radius 2 is 1.92 bits per heavy atom. The minimum absolute atomic E-state index is 0.00237. The molecule has 192 valence electrons. The normalized spacial score (nSPS) is 28.7. The minimum atomic E-state index is -0.00237. The van der Waals surface area contributed by atoms with E-state index in [0.29, 0.717) is 12.2 Å². The molecule has 2 saturated carbocycles. The molecular formula is C31H40N2O3. The molecule has 1 aliphatic heterocycles. The van der Waals surface area contributed by atoms with Gasteiger partial charge in [0, 0.05) is 24.3 Å². The summed E-state index contributed by atoms with van der Waals surface area (Å²) < 4.78 is 11.4. The number of hydrogen-bond acceptors (Lipinski definition) is 4. The number of aryl methyl sites for hydroxylation is 1. The summed E-state index contributed by atoms with van der Waals surface area (Å²) in [5, 5.41) is 7.10. The lowest BCUT2D eigenvalue weighted by Crippen LogP contribution is -2.38. The van der Waals surface area contributed by atoms with Crippen molar-refractivity contribution >= 4 is 5.91 Å². The van der Waals surface area contributed by atoms with Crippen molar-refractivity contribution in [3.63, 3.8) is 0 Å². The molecule has 0 radical (unpaired) electrons. The Kier molecular flexibility index (Phi) is 7.29. The molecular weight excluding hydrogens is 448 g/mol. The van der Waals surface area contributed by atoms with Crippen LogP contribution in [-0.4, -0.2) is 43.9 Å². The highest BCUT2D eigenvalue weighted by atomic mass is 16.5. The number of fused-ring (bicyclic) bond motifs is 3. The van der Waals surface area contributed by atoms with Crippen molar-refractivity contribution in [2.75, 3.05) is 19.8 Å². The molecule has 2 aromatic carbocycles. The van der Waals surface area contributed by atoms with Gasteiger partial charge in [-0.2, -0.15) is 0 Å². The summed E-state index contributed by atoms with van der Waals surface area (Å²) >= 11 is 0. The van der Waals surface area contributed by atoms with E-state index in [1.807, 2.05) is 24.3 Å². The molecule has 0 unspecified atom stereocenters. The average molecular weight is 489 g/mol. The van der Waals surface area contributed by atoms with E-state index in [1.165, 1.54) is 42.4 Å². The first-order valence-electron chi connectivity index (χ1n) is 14.2. The van der Waals surface area contributed by atoms with Gasteiger partial charge in [0.25, 0.3) is 5.91 Å². The molecule has 5 heteroatoms. The Hall–Kier alpha value is -2.37. The topological polar surface area (TPSA) is 59.6 Å². The van der Waals surface area contributed by atoms with Crippen LogP contribution in [0.15, 0.2) is 42.5 Å². The van der Waals surface area contributed by atoms with Crippen LogP contribution in [0.25, 0.3) is 0 Å². The summed E-state index contributed by atoms with van der Waals surface area (Å²) in [5.41, 5.74) is 4.97. The summed E-state index contributed by atoms with van der Waals surface area (Å²) in [4.78, 5) is 12.9. The van der Waals surface area contributed by atoms with E-state index in [9.17, 15) is 4.79 Å². The van der Waals surface area contributed by atoms with E-state index in [4.69, 9.17) is 9.47 Å². The smallest absolute Gasteiger partial charge is 0.251 e. The van der Waals surface area contributed by atoms with E-state index in [2.05, 4.69) is 28.8 Å². The van der Waals surface area contributed by atoms with Crippen LogP contribution in [-0.2, 0) is 24.0 Å². The van der Waals surface area contributed by atoms with Gasteiger partial charge in [0.1, 0.15) is 12.4 Å². The molecule has 36 heavy (non-hydrogen) atoms. The van der Waals surface area contributed by atoms with Gasteiger partial charge in [0.15, 0.2) is 0 Å². The second-order valence-corrected chi connectivity index (χ2v) is 11.5. The maximum atomic E-state index is 12.9. The maximum Gasteiger partial charge on any atom is 0.251 e. The van der Waals surface area contributed by atoms with Crippen molar-refractivity contribution in [3.05, 3.63) is 64.7 Å². The van der Waals surface area contributed by atoms with Gasteiger partial charge in [-0.3, -0.25) is 4.79 Å². The van der Waals surface area contributed by atoms with Crippen LogP contribution in [0.3, 0.4) is 0 Å². The Morgan fingerprint density at radius 3 is 2.69 bits per heavy atom. The van der Waals surface area contributed by atoms with E-state index in [0.717, 1.165) is 75.3 Å². The fraction of sp³-hybridized carbons (Fsp3) is 0.581. The molecule has 2 N–H and O–H groups in total. The number of ether oxygens (including phenoxy) is 2. The van der Waals surface area contributed by atoms with E-state index in [1.54, 1.807) is 0 Å². The van der Waals surface area contributed by atoms with Gasteiger partial charge in [-0.1, -0.05) is 24.6 Å². The minimum Gasteiger partial charge on any atom is -0.491 e. The number of amides is 1. The predicted octanol–water partition coefficient (Wildman–Crippen LogP) is 4.85. The Bertz CT molecular complexity index is 1050. The van der Waals surface area contributed by atoms with E-state index < -0.39 is 0 Å². The van der Waals surface area contributed by atoms with Crippen LogP contribution in [0, 0.1) is 11.8 Å². The van der Waals surface area contributed by atoms with Gasteiger partial charge in [0.2, 0.25) is 0 Å². The standard InChI is InChI=1S/C31H40N2O3/c34-31(23-8-11-28(12-9-23)36-20-29-2-1-15-35-29)33-27-10-7-24-16-21(3-5-25(24)19-27)13-14-32-30-18-22-4-6-26(30)17-22/h3,5,8-9,11-12,16,22,26-27,29-30,32H,1-2,4,6-7,10,13-15,17-20H2,(H,33,34)/t22-,26+,27-,29-,30+/m0/s1. The molecule has 3 fully saturated rings. The summed E-state index contributed by atoms with van der Waals surface area (Å²) in [6.07, 6.45) is 12.2. The van der Waals surface area contributed by atoms with Crippen LogP contribution in [0.1, 0.15) is 72.0 Å². The Morgan fingerprint density at radius 1 is 1.00 bits per heavy atom. The lowest BCUT2D eigenvalue weighted by Gasteiger charge is -2.26. The number of benzene rings is 2. The van der Waals surface area contributed by atoms with E-state index >= 15 is 0 Å². The molecule has 1 heterocycles. The van der Waals surface area contributed by atoms with Crippen LogP contribution in [0.2, 0.25) is 0 Å². The summed E-state index contributed by atoms with van der Waals surface area (Å²) in [7, 11) is 0. The number of carbonyl (C=O) groups excluding carboxylic acids is 1. The number of nitrogens with one attached hydrogen (secondary N) is 2. The van der Waals surface area contributed by atoms with E-state index in [-0.39, 0.29) is 18.1 Å². The van der Waals surface area contributed by atoms with Crippen LogP contribution in [0.4, 0.5) is 0 Å². The number of carbonyl (C=O) groups is 1. The van der Waals surface area contributed by atoms with Gasteiger partial charge in [0.05, 0.1) is 6.10 Å². The molecule has 0 spiro atoms. The zero-order chi connectivity index (χ0) is 24.3. The zero-order valence-electron chi connectivity index (χ0n) is 21.3. The summed E-state index contributed by atoms with van der Waals surface area (Å²) in [6, 6.07) is 15.4. The molecule has 0 aromatic heterocycles. The van der Waals surface area contributed by atoms with Crippen molar-refractivity contribution in [1.29, 1.82) is 0 Å². The molecule has 4 aliphatic rings. The van der Waals surface area contributed by atoms with Crippen LogP contribution < -0.4 is 15.4 Å². The first kappa shape index (κ1) is 24.0. The molecule has 2 aromatic rings. The van der Waals surface area contributed by atoms with Gasteiger partial charge in [-0.15, -0.1) is 0 Å².